The first kappa shape index (κ1) is 24.9. The van der Waals surface area contributed by atoms with Gasteiger partial charge in [-0.25, -0.2) is 9.78 Å². The molecule has 1 N–H and O–H groups in total. The minimum atomic E-state index is -1.09. The molecule has 174 valence electrons. The number of methoxy groups -OCH3 is 1. The second-order valence-corrected chi connectivity index (χ2v) is 9.06. The topological polar surface area (TPSA) is 103 Å². The standard InChI is InChI=1S/C23H23Br2N3O5/c1-4-5-6-20-27-18-8-7-15(24)11-16(18)22(29)28(20)26-12-14-9-17(25)21(19(10-14)32-3)33-13(2)23(30)31/h7-13H,4-6H2,1-3H3,(H,30,31)/t13-/m0/s1. The second kappa shape index (κ2) is 10.9. The summed E-state index contributed by atoms with van der Waals surface area (Å²) in [6, 6.07) is 8.75. The van der Waals surface area contributed by atoms with Crippen molar-refractivity contribution in [1.82, 2.24) is 9.66 Å². The first-order valence-corrected chi connectivity index (χ1v) is 11.9. The van der Waals surface area contributed by atoms with Gasteiger partial charge in [-0.05, 0) is 65.2 Å². The number of ether oxygens (including phenoxy) is 2. The van der Waals surface area contributed by atoms with Crippen molar-refractivity contribution < 1.29 is 19.4 Å². The number of hydrogen-bond donors (Lipinski definition) is 1. The molecule has 0 amide bonds. The maximum absolute atomic E-state index is 13.2. The zero-order valence-corrected chi connectivity index (χ0v) is 21.5. The highest BCUT2D eigenvalue weighted by molar-refractivity contribution is 9.10. The van der Waals surface area contributed by atoms with E-state index in [1.807, 2.05) is 12.1 Å². The van der Waals surface area contributed by atoms with Crippen LogP contribution in [0.5, 0.6) is 11.5 Å². The summed E-state index contributed by atoms with van der Waals surface area (Å²) in [5, 5.41) is 14.0. The highest BCUT2D eigenvalue weighted by Gasteiger charge is 2.19. The quantitative estimate of drug-likeness (QED) is 0.357. The number of carboxylic acids is 1. The molecule has 1 heterocycles. The lowest BCUT2D eigenvalue weighted by atomic mass is 10.2. The van der Waals surface area contributed by atoms with Gasteiger partial charge >= 0.3 is 5.97 Å². The van der Waals surface area contributed by atoms with Crippen molar-refractivity contribution >= 4 is 54.9 Å². The molecule has 0 aliphatic heterocycles. The van der Waals surface area contributed by atoms with E-state index in [0.29, 0.717) is 38.9 Å². The molecule has 8 nitrogen and oxygen atoms in total. The predicted molar refractivity (Wildman–Crippen MR) is 134 cm³/mol. The van der Waals surface area contributed by atoms with Crippen LogP contribution in [0.15, 0.2) is 49.2 Å². The molecule has 3 rings (SSSR count). The first-order chi connectivity index (χ1) is 15.7. The zero-order valence-electron chi connectivity index (χ0n) is 18.3. The fourth-order valence-electron chi connectivity index (χ4n) is 3.09. The van der Waals surface area contributed by atoms with E-state index in [0.717, 1.165) is 17.3 Å². The molecule has 0 fully saturated rings. The van der Waals surface area contributed by atoms with E-state index in [4.69, 9.17) is 14.6 Å². The van der Waals surface area contributed by atoms with Crippen molar-refractivity contribution in [2.45, 2.75) is 39.2 Å². The number of nitrogens with zero attached hydrogens (tertiary/aromatic N) is 3. The lowest BCUT2D eigenvalue weighted by Gasteiger charge is -2.16. The fraction of sp³-hybridized carbons (Fsp3) is 0.304. The monoisotopic (exact) mass is 579 g/mol. The highest BCUT2D eigenvalue weighted by Crippen LogP contribution is 2.37. The minimum Gasteiger partial charge on any atom is -0.493 e. The normalized spacial score (nSPS) is 12.3. The molecule has 0 aliphatic rings. The summed E-state index contributed by atoms with van der Waals surface area (Å²) in [4.78, 5) is 29.0. The van der Waals surface area contributed by atoms with Crippen LogP contribution < -0.4 is 15.0 Å². The van der Waals surface area contributed by atoms with Gasteiger partial charge in [-0.15, -0.1) is 0 Å². The lowest BCUT2D eigenvalue weighted by Crippen LogP contribution is -2.23. The van der Waals surface area contributed by atoms with Crippen LogP contribution in [0.4, 0.5) is 0 Å². The second-order valence-electron chi connectivity index (χ2n) is 7.29. The summed E-state index contributed by atoms with van der Waals surface area (Å²) < 4.78 is 13.5. The van der Waals surface area contributed by atoms with Crippen LogP contribution in [0, 0.1) is 0 Å². The summed E-state index contributed by atoms with van der Waals surface area (Å²) in [6.45, 7) is 3.50. The van der Waals surface area contributed by atoms with Crippen LogP contribution in [0.3, 0.4) is 0 Å². The number of halogens is 2. The number of carboxylic acid groups (broad SMARTS) is 1. The third-order valence-electron chi connectivity index (χ3n) is 4.85. The van der Waals surface area contributed by atoms with Crippen molar-refractivity contribution in [3.8, 4) is 11.5 Å². The Morgan fingerprint density at radius 1 is 1.30 bits per heavy atom. The van der Waals surface area contributed by atoms with Crippen LogP contribution in [0.2, 0.25) is 0 Å². The maximum atomic E-state index is 13.2. The molecule has 10 heteroatoms. The summed E-state index contributed by atoms with van der Waals surface area (Å²) in [5.41, 5.74) is 0.987. The van der Waals surface area contributed by atoms with Gasteiger partial charge in [-0.1, -0.05) is 29.3 Å². The molecule has 1 aromatic heterocycles. The Morgan fingerprint density at radius 3 is 2.73 bits per heavy atom. The number of fused-ring (bicyclic) bond motifs is 1. The van der Waals surface area contributed by atoms with E-state index in [9.17, 15) is 9.59 Å². The van der Waals surface area contributed by atoms with Crippen LogP contribution in [-0.2, 0) is 11.2 Å². The molecule has 3 aromatic rings. The molecule has 0 saturated heterocycles. The molecule has 0 saturated carbocycles. The Morgan fingerprint density at radius 2 is 2.06 bits per heavy atom. The summed E-state index contributed by atoms with van der Waals surface area (Å²) in [6.07, 6.45) is 2.91. The molecule has 2 aromatic carbocycles. The molecule has 0 aliphatic carbocycles. The van der Waals surface area contributed by atoms with Crippen molar-refractivity contribution in [3.63, 3.8) is 0 Å². The van der Waals surface area contributed by atoms with Gasteiger partial charge in [0.05, 0.1) is 28.7 Å². The number of aryl methyl sites for hydroxylation is 1. The SMILES string of the molecule is CCCCc1nc2ccc(Br)cc2c(=O)n1N=Cc1cc(Br)c(O[C@@H](C)C(=O)O)c(OC)c1. The third-order valence-corrected chi connectivity index (χ3v) is 5.93. The smallest absolute Gasteiger partial charge is 0.344 e. The molecule has 33 heavy (non-hydrogen) atoms. The largest absolute Gasteiger partial charge is 0.493 e. The Kier molecular flexibility index (Phi) is 8.25. The van der Waals surface area contributed by atoms with Crippen LogP contribution in [-0.4, -0.2) is 40.2 Å². The van der Waals surface area contributed by atoms with Gasteiger partial charge in [0.2, 0.25) is 0 Å². The van der Waals surface area contributed by atoms with Crippen molar-refractivity contribution in [2.75, 3.05) is 7.11 Å². The van der Waals surface area contributed by atoms with E-state index in [1.165, 1.54) is 24.9 Å². The number of carbonyl (C=O) groups is 1. The number of aromatic nitrogens is 2. The van der Waals surface area contributed by atoms with Crippen molar-refractivity contribution in [3.05, 3.63) is 61.0 Å². The van der Waals surface area contributed by atoms with Crippen molar-refractivity contribution in [1.29, 1.82) is 0 Å². The molecular formula is C23H23Br2N3O5. The molecule has 0 bridgehead atoms. The van der Waals surface area contributed by atoms with Gasteiger partial charge in [-0.3, -0.25) is 4.79 Å². The van der Waals surface area contributed by atoms with E-state index < -0.39 is 12.1 Å². The Balaban J connectivity index is 2.05. The minimum absolute atomic E-state index is 0.259. The van der Waals surface area contributed by atoms with E-state index in [1.54, 1.807) is 18.2 Å². The average Bonchev–Trinajstić information content (AvgIpc) is 2.78. The van der Waals surface area contributed by atoms with Gasteiger partial charge in [-0.2, -0.15) is 9.78 Å². The zero-order chi connectivity index (χ0) is 24.1. The predicted octanol–water partition coefficient (Wildman–Crippen LogP) is 5.01. The van der Waals surface area contributed by atoms with Crippen LogP contribution >= 0.6 is 31.9 Å². The molecular weight excluding hydrogens is 558 g/mol. The van der Waals surface area contributed by atoms with Gasteiger partial charge in [0, 0.05) is 10.9 Å². The lowest BCUT2D eigenvalue weighted by molar-refractivity contribution is -0.144. The number of unbranched alkanes of at least 4 members (excludes halogenated alkanes) is 1. The van der Waals surface area contributed by atoms with Gasteiger partial charge < -0.3 is 14.6 Å². The van der Waals surface area contributed by atoms with Crippen molar-refractivity contribution in [2.24, 2.45) is 5.10 Å². The van der Waals surface area contributed by atoms with Gasteiger partial charge in [0.25, 0.3) is 5.56 Å². The van der Waals surface area contributed by atoms with E-state index >= 15 is 0 Å². The molecule has 0 radical (unpaired) electrons. The van der Waals surface area contributed by atoms with Crippen LogP contribution in [0.25, 0.3) is 10.9 Å². The number of aliphatic carboxylic acids is 1. The Bertz CT molecular complexity index is 1270. The number of hydrogen-bond acceptors (Lipinski definition) is 6. The third kappa shape index (κ3) is 5.80. The summed E-state index contributed by atoms with van der Waals surface area (Å²) >= 11 is 6.80. The summed E-state index contributed by atoms with van der Waals surface area (Å²) in [7, 11) is 1.46. The maximum Gasteiger partial charge on any atom is 0.344 e. The fourth-order valence-corrected chi connectivity index (χ4v) is 4.01. The first-order valence-electron chi connectivity index (χ1n) is 10.3. The highest BCUT2D eigenvalue weighted by atomic mass is 79.9. The average molecular weight is 581 g/mol. The molecule has 0 unspecified atom stereocenters. The van der Waals surface area contributed by atoms with Crippen LogP contribution in [0.1, 0.15) is 38.1 Å². The van der Waals surface area contributed by atoms with E-state index in [-0.39, 0.29) is 11.3 Å². The Hall–Kier alpha value is -2.72. The number of benzene rings is 2. The van der Waals surface area contributed by atoms with Gasteiger partial charge in [0.15, 0.2) is 17.6 Å². The number of rotatable bonds is 9. The molecule has 1 atom stereocenters. The molecule has 0 spiro atoms. The van der Waals surface area contributed by atoms with E-state index in [2.05, 4.69) is 48.9 Å². The Labute approximate surface area is 207 Å². The van der Waals surface area contributed by atoms with Gasteiger partial charge in [0.1, 0.15) is 5.82 Å². The summed E-state index contributed by atoms with van der Waals surface area (Å²) in [5.74, 6) is 0.0822.